The summed E-state index contributed by atoms with van der Waals surface area (Å²) in [6.45, 7) is 0. The van der Waals surface area contributed by atoms with Gasteiger partial charge in [-0.05, 0) is 21.2 Å². The molecule has 190 valence electrons. The van der Waals surface area contributed by atoms with Gasteiger partial charge in [-0.2, -0.15) is 0 Å². The Balaban J connectivity index is 1.72. The molecule has 0 N–H and O–H groups in total. The van der Waals surface area contributed by atoms with Gasteiger partial charge in [-0.1, -0.05) is 175 Å². The molecule has 38 heavy (non-hydrogen) atoms. The number of benzene rings is 5. The molecule has 5 aromatic carbocycles. The van der Waals surface area contributed by atoms with Crippen LogP contribution in [0.3, 0.4) is 0 Å². The Labute approximate surface area is 236 Å². The zero-order valence-corrected chi connectivity index (χ0v) is 25.2. The molecule has 6 heteroatoms. The maximum absolute atomic E-state index is 15.7. The summed E-state index contributed by atoms with van der Waals surface area (Å²) in [6, 6.07) is 46.2. The highest BCUT2D eigenvalue weighted by Gasteiger charge is 2.39. The minimum atomic E-state index is -3.09. The Morgan fingerprint density at radius 1 is 0.368 bits per heavy atom. The van der Waals surface area contributed by atoms with Crippen molar-refractivity contribution in [2.75, 3.05) is 11.8 Å². The van der Waals surface area contributed by atoms with Crippen molar-refractivity contribution in [1.82, 2.24) is 0 Å². The molecule has 0 aliphatic carbocycles. The van der Waals surface area contributed by atoms with E-state index >= 15 is 4.57 Å². The summed E-state index contributed by atoms with van der Waals surface area (Å²) in [5.74, 6) is 0.844. The number of hydrogen-bond donors (Lipinski definition) is 0. The highest BCUT2D eigenvalue weighted by atomic mass is 32.4. The van der Waals surface area contributed by atoms with E-state index < -0.39 is 19.2 Å². The smallest absolute Gasteiger partial charge is 0.126 e. The van der Waals surface area contributed by atoms with Gasteiger partial charge in [0.25, 0.3) is 0 Å². The third-order valence-electron chi connectivity index (χ3n) is 6.78. The van der Waals surface area contributed by atoms with Gasteiger partial charge in [-0.25, -0.2) is 0 Å². The fourth-order valence-electron chi connectivity index (χ4n) is 4.85. The summed E-state index contributed by atoms with van der Waals surface area (Å²) in [6.07, 6.45) is 0. The van der Waals surface area contributed by atoms with Gasteiger partial charge in [0.2, 0.25) is 0 Å². The van der Waals surface area contributed by atoms with Crippen LogP contribution in [0, 0.1) is 0 Å². The molecule has 0 spiro atoms. The molecule has 0 atom stereocenters. The molecule has 0 unspecified atom stereocenters. The quantitative estimate of drug-likeness (QED) is 0.176. The van der Waals surface area contributed by atoms with Crippen LogP contribution in [-0.4, -0.2) is 11.8 Å². The molecule has 0 saturated heterocycles. The average Bonchev–Trinajstić information content (AvgIpc) is 2.99. The van der Waals surface area contributed by atoms with Gasteiger partial charge < -0.3 is 4.57 Å². The Morgan fingerprint density at radius 3 is 0.816 bits per heavy atom. The van der Waals surface area contributed by atoms with Gasteiger partial charge >= 0.3 is 0 Å². The van der Waals surface area contributed by atoms with Crippen molar-refractivity contribution in [3.8, 4) is 0 Å². The Morgan fingerprint density at radius 2 is 0.579 bits per heavy atom. The van der Waals surface area contributed by atoms with E-state index in [4.69, 9.17) is 23.6 Å². The average molecular weight is 587 g/mol. The summed E-state index contributed by atoms with van der Waals surface area (Å²) >= 11 is 13.2. The van der Waals surface area contributed by atoms with Crippen molar-refractivity contribution in [2.45, 2.75) is 0 Å². The van der Waals surface area contributed by atoms with E-state index in [0.29, 0.717) is 11.8 Å². The molecule has 5 rings (SSSR count). The maximum Gasteiger partial charge on any atom is 0.126 e. The van der Waals surface area contributed by atoms with Gasteiger partial charge in [0.15, 0.2) is 0 Å². The van der Waals surface area contributed by atoms with Crippen LogP contribution in [0.1, 0.15) is 0 Å². The predicted octanol–water partition coefficient (Wildman–Crippen LogP) is 6.85. The monoisotopic (exact) mass is 586 g/mol. The molecule has 0 aliphatic rings. The van der Waals surface area contributed by atoms with Crippen molar-refractivity contribution < 1.29 is 4.57 Å². The molecule has 0 amide bonds. The molecular formula is C32H29OP3S2. The van der Waals surface area contributed by atoms with Crippen LogP contribution < -0.4 is 26.5 Å². The zero-order chi connectivity index (χ0) is 26.5. The van der Waals surface area contributed by atoms with Crippen LogP contribution in [0.25, 0.3) is 0 Å². The first-order valence-corrected chi connectivity index (χ1v) is 20.5. The lowest BCUT2D eigenvalue weighted by molar-refractivity contribution is 0.587. The third-order valence-corrected chi connectivity index (χ3v) is 24.0. The summed E-state index contributed by atoms with van der Waals surface area (Å²) in [5.41, 5.74) is 0. The first-order chi connectivity index (χ1) is 18.4. The van der Waals surface area contributed by atoms with Crippen molar-refractivity contribution in [3.05, 3.63) is 152 Å². The van der Waals surface area contributed by atoms with E-state index in [0.717, 1.165) is 26.5 Å². The van der Waals surface area contributed by atoms with Gasteiger partial charge in [-0.3, -0.25) is 0 Å². The standard InChI is InChI=1S/C32H29OP3S2/c33-34(28-16-6-1-7-17-28,26-35(37,29-18-8-2-9-19-29)30-20-10-3-11-21-30)27-36(38,31-22-12-4-13-23-31)32-24-14-5-15-25-32/h1-25H,26-27H2. The van der Waals surface area contributed by atoms with Crippen LogP contribution >= 0.6 is 19.2 Å². The third kappa shape index (κ3) is 5.65. The van der Waals surface area contributed by atoms with Crippen LogP contribution in [0.5, 0.6) is 0 Å². The maximum atomic E-state index is 15.7. The molecule has 0 bridgehead atoms. The number of rotatable bonds is 9. The second kappa shape index (κ2) is 11.8. The van der Waals surface area contributed by atoms with Gasteiger partial charge in [0, 0.05) is 29.2 Å². The van der Waals surface area contributed by atoms with E-state index in [1.807, 2.05) is 103 Å². The molecule has 0 aromatic heterocycles. The second-order valence-corrected chi connectivity index (χ2v) is 22.7. The summed E-state index contributed by atoms with van der Waals surface area (Å²) in [5, 5.41) is 5.22. The fourth-order valence-corrected chi connectivity index (χ4v) is 23.8. The largest absolute Gasteiger partial charge is 0.318 e. The van der Waals surface area contributed by atoms with Crippen molar-refractivity contribution >= 4 is 69.4 Å². The topological polar surface area (TPSA) is 17.1 Å². The van der Waals surface area contributed by atoms with Crippen LogP contribution in [0.15, 0.2) is 152 Å². The molecule has 0 aliphatic heterocycles. The minimum absolute atomic E-state index is 0.422. The predicted molar refractivity (Wildman–Crippen MR) is 176 cm³/mol. The molecule has 0 heterocycles. The minimum Gasteiger partial charge on any atom is -0.318 e. The molecule has 0 fully saturated rings. The summed E-state index contributed by atoms with van der Waals surface area (Å²) < 4.78 is 15.7. The molecule has 0 saturated carbocycles. The second-order valence-electron chi connectivity index (χ2n) is 9.33. The van der Waals surface area contributed by atoms with E-state index in [1.54, 1.807) is 0 Å². The van der Waals surface area contributed by atoms with Crippen molar-refractivity contribution in [1.29, 1.82) is 0 Å². The normalized spacial score (nSPS) is 12.2. The van der Waals surface area contributed by atoms with Gasteiger partial charge in [0.05, 0.1) is 0 Å². The lowest BCUT2D eigenvalue weighted by Gasteiger charge is -2.33. The van der Waals surface area contributed by atoms with Crippen LogP contribution in [0.4, 0.5) is 0 Å². The highest BCUT2D eigenvalue weighted by Crippen LogP contribution is 2.66. The van der Waals surface area contributed by atoms with E-state index in [2.05, 4.69) is 48.5 Å². The van der Waals surface area contributed by atoms with Gasteiger partial charge in [0.1, 0.15) is 7.14 Å². The fraction of sp³-hybridized carbons (Fsp3) is 0.0625. The van der Waals surface area contributed by atoms with Crippen molar-refractivity contribution in [3.63, 3.8) is 0 Å². The molecule has 1 nitrogen and oxygen atoms in total. The first-order valence-electron chi connectivity index (χ1n) is 12.5. The molecule has 0 radical (unpaired) electrons. The lowest BCUT2D eigenvalue weighted by atomic mass is 10.4. The molecule has 5 aromatic rings. The first kappa shape index (κ1) is 27.2. The Hall–Kier alpha value is -2.37. The Kier molecular flexibility index (Phi) is 8.44. The van der Waals surface area contributed by atoms with Crippen LogP contribution in [0.2, 0.25) is 0 Å². The van der Waals surface area contributed by atoms with E-state index in [-0.39, 0.29) is 0 Å². The van der Waals surface area contributed by atoms with Crippen LogP contribution in [-0.2, 0) is 28.2 Å². The van der Waals surface area contributed by atoms with E-state index in [1.165, 1.54) is 0 Å². The number of hydrogen-bond acceptors (Lipinski definition) is 3. The highest BCUT2D eigenvalue weighted by molar-refractivity contribution is 8.27. The van der Waals surface area contributed by atoms with Crippen molar-refractivity contribution in [2.24, 2.45) is 0 Å². The zero-order valence-electron chi connectivity index (χ0n) is 20.9. The molecular weight excluding hydrogens is 557 g/mol. The SMILES string of the molecule is O=P(CP(=S)(c1ccccc1)c1ccccc1)(CP(=S)(c1ccccc1)c1ccccc1)c1ccccc1. The van der Waals surface area contributed by atoms with Gasteiger partial charge in [-0.15, -0.1) is 0 Å². The lowest BCUT2D eigenvalue weighted by Crippen LogP contribution is -2.25. The summed E-state index contributed by atoms with van der Waals surface area (Å²) in [7, 11) is -3.09. The summed E-state index contributed by atoms with van der Waals surface area (Å²) in [4.78, 5) is 0. The van der Waals surface area contributed by atoms with E-state index in [9.17, 15) is 0 Å². The Bertz CT molecular complexity index is 1440.